The molecule has 0 radical (unpaired) electrons. The number of aromatic nitrogens is 2. The first-order valence-electron chi connectivity index (χ1n) is 17.2. The van der Waals surface area contributed by atoms with Gasteiger partial charge in [0.25, 0.3) is 11.8 Å². The lowest BCUT2D eigenvalue weighted by Gasteiger charge is -2.29. The van der Waals surface area contributed by atoms with Crippen molar-refractivity contribution < 1.29 is 30.0 Å². The molecule has 8 N–H and O–H groups in total. The highest BCUT2D eigenvalue weighted by Gasteiger charge is 2.26. The number of rotatable bonds is 23. The second-order valence-electron chi connectivity index (χ2n) is 12.7. The normalized spacial score (nSPS) is 13.9. The molecule has 268 valence electrons. The van der Waals surface area contributed by atoms with Crippen LogP contribution in [-0.4, -0.2) is 105 Å². The summed E-state index contributed by atoms with van der Waals surface area (Å²) in [6, 6.07) is 15.6. The van der Waals surface area contributed by atoms with Crippen LogP contribution in [0.3, 0.4) is 0 Å². The first-order chi connectivity index (χ1) is 23.6. The molecule has 3 rings (SSSR count). The van der Waals surface area contributed by atoms with Crippen LogP contribution in [-0.2, 0) is 19.4 Å². The molecule has 3 aromatic rings. The van der Waals surface area contributed by atoms with Crippen LogP contribution in [0.2, 0.25) is 0 Å². The molecule has 0 aliphatic heterocycles. The van der Waals surface area contributed by atoms with Crippen LogP contribution in [0.25, 0.3) is 0 Å². The van der Waals surface area contributed by atoms with Crippen molar-refractivity contribution in [2.75, 3.05) is 39.3 Å². The van der Waals surface area contributed by atoms with Crippen molar-refractivity contribution in [2.45, 2.75) is 77.2 Å². The van der Waals surface area contributed by atoms with Crippen molar-refractivity contribution in [1.82, 2.24) is 25.5 Å². The Morgan fingerprint density at radius 2 is 1.65 bits per heavy atom. The van der Waals surface area contributed by atoms with E-state index < -0.39 is 30.8 Å². The molecule has 2 amide bonds. The topological polar surface area (TPSA) is 194 Å². The Bertz CT molecular complexity index is 1420. The predicted molar refractivity (Wildman–Crippen MR) is 189 cm³/mol. The van der Waals surface area contributed by atoms with Gasteiger partial charge < -0.3 is 36.8 Å². The minimum atomic E-state index is -1.46. The number of primary amides is 1. The number of carbonyl (C=O) groups excluding carboxylic acids is 2. The maximum absolute atomic E-state index is 12.9. The Morgan fingerprint density at radius 1 is 0.918 bits per heavy atom. The van der Waals surface area contributed by atoms with Crippen LogP contribution in [0.1, 0.15) is 75.8 Å². The third-order valence-corrected chi connectivity index (χ3v) is 8.70. The fourth-order valence-corrected chi connectivity index (χ4v) is 5.78. The lowest BCUT2D eigenvalue weighted by atomic mass is 9.91. The average molecular weight is 679 g/mol. The second-order valence-corrected chi connectivity index (χ2v) is 12.7. The summed E-state index contributed by atoms with van der Waals surface area (Å²) in [7, 11) is 0. The first kappa shape index (κ1) is 39.7. The van der Waals surface area contributed by atoms with Crippen LogP contribution in [0, 0.1) is 12.8 Å². The number of nitrogens with two attached hydrogens (primary N) is 1. The molecule has 2 aromatic carbocycles. The molecular weight excluding hydrogens is 624 g/mol. The van der Waals surface area contributed by atoms with Crippen LogP contribution in [0.15, 0.2) is 60.9 Å². The Kier molecular flexibility index (Phi) is 17.3. The van der Waals surface area contributed by atoms with Gasteiger partial charge in [-0.25, -0.2) is 4.98 Å². The zero-order chi connectivity index (χ0) is 35.6. The fourth-order valence-electron chi connectivity index (χ4n) is 5.78. The molecule has 49 heavy (non-hydrogen) atoms. The number of aryl methyl sites for hydroxylation is 1. The highest BCUT2D eigenvalue weighted by atomic mass is 16.4. The molecule has 0 saturated heterocycles. The summed E-state index contributed by atoms with van der Waals surface area (Å²) >= 11 is 0. The molecule has 4 atom stereocenters. The quantitative estimate of drug-likeness (QED) is 0.0727. The summed E-state index contributed by atoms with van der Waals surface area (Å²) < 4.78 is 0. The third kappa shape index (κ3) is 13.6. The zero-order valence-electron chi connectivity index (χ0n) is 28.8. The summed E-state index contributed by atoms with van der Waals surface area (Å²) in [5, 5.41) is 45.8. The van der Waals surface area contributed by atoms with E-state index >= 15 is 0 Å². The van der Waals surface area contributed by atoms with Crippen molar-refractivity contribution in [3.8, 4) is 0 Å². The Balaban J connectivity index is 1.54. The minimum Gasteiger partial charge on any atom is -0.394 e. The monoisotopic (exact) mass is 678 g/mol. The molecule has 1 heterocycles. The third-order valence-electron chi connectivity index (χ3n) is 8.70. The number of nitrogens with zero attached hydrogens (tertiary/aromatic N) is 3. The predicted octanol–water partition coefficient (Wildman–Crippen LogP) is 1.76. The molecule has 0 aliphatic rings. The highest BCUT2D eigenvalue weighted by molar-refractivity contribution is 5.94. The van der Waals surface area contributed by atoms with Gasteiger partial charge in [0.05, 0.1) is 18.4 Å². The number of nitrogens with one attached hydrogen (secondary N) is 2. The standard InChI is InChI=1S/C37H54N6O6/c1-3-4-5-8-18-43(24-32(45)35(47)33(46)25-44)19-17-42-37(49)29-13-11-27(12-14-29)22-39-23-28(20-30-10-7-6-9-26(30)2)21-31-34(36(38)48)41-16-15-40-31/h6-7,9-16,28,32-33,35,39,44-47H,3-5,8,17-25H2,1-2H3,(H2,38,48)(H,42,49)/t28-,32+,33-,35-/m1/s1. The average Bonchev–Trinajstić information content (AvgIpc) is 3.10. The summed E-state index contributed by atoms with van der Waals surface area (Å²) in [6.45, 7) is 6.39. The van der Waals surface area contributed by atoms with Gasteiger partial charge in [0.2, 0.25) is 0 Å². The molecule has 0 fully saturated rings. The van der Waals surface area contributed by atoms with Crippen molar-refractivity contribution in [1.29, 1.82) is 0 Å². The molecule has 1 aromatic heterocycles. The first-order valence-corrected chi connectivity index (χ1v) is 17.2. The van der Waals surface area contributed by atoms with Crippen molar-refractivity contribution >= 4 is 11.8 Å². The van der Waals surface area contributed by atoms with E-state index in [0.29, 0.717) is 50.4 Å². The van der Waals surface area contributed by atoms with Crippen LogP contribution in [0.4, 0.5) is 0 Å². The summed E-state index contributed by atoms with van der Waals surface area (Å²) in [5.41, 5.74) is 10.3. The van der Waals surface area contributed by atoms with Gasteiger partial charge in [-0.2, -0.15) is 0 Å². The molecule has 0 bridgehead atoms. The minimum absolute atomic E-state index is 0.110. The number of aliphatic hydroxyl groups is 4. The van der Waals surface area contributed by atoms with Gasteiger partial charge in [-0.15, -0.1) is 0 Å². The number of carbonyl (C=O) groups is 2. The molecule has 0 aliphatic carbocycles. The smallest absolute Gasteiger partial charge is 0.269 e. The van der Waals surface area contributed by atoms with E-state index in [4.69, 9.17) is 10.8 Å². The number of hydrogen-bond donors (Lipinski definition) is 7. The molecule has 0 unspecified atom stereocenters. The number of amides is 2. The second kappa shape index (κ2) is 21.3. The zero-order valence-corrected chi connectivity index (χ0v) is 28.8. The van der Waals surface area contributed by atoms with Crippen LogP contribution < -0.4 is 16.4 Å². The van der Waals surface area contributed by atoms with Gasteiger partial charge in [-0.05, 0) is 74.0 Å². The lowest BCUT2D eigenvalue weighted by molar-refractivity contribution is -0.0840. The molecule has 0 spiro atoms. The van der Waals surface area contributed by atoms with Gasteiger partial charge in [-0.3, -0.25) is 19.5 Å². The summed E-state index contributed by atoms with van der Waals surface area (Å²) in [5.74, 6) is -0.686. The Morgan fingerprint density at radius 3 is 2.35 bits per heavy atom. The van der Waals surface area contributed by atoms with E-state index in [2.05, 4.69) is 46.6 Å². The Hall–Kier alpha value is -3.78. The maximum Gasteiger partial charge on any atom is 0.269 e. The summed E-state index contributed by atoms with van der Waals surface area (Å²) in [6.07, 6.45) is 4.38. The molecular formula is C37H54N6O6. The van der Waals surface area contributed by atoms with Gasteiger partial charge in [0.1, 0.15) is 17.9 Å². The number of hydrogen-bond acceptors (Lipinski definition) is 10. The van der Waals surface area contributed by atoms with E-state index in [0.717, 1.165) is 37.7 Å². The highest BCUT2D eigenvalue weighted by Crippen LogP contribution is 2.18. The maximum atomic E-state index is 12.9. The van der Waals surface area contributed by atoms with Gasteiger partial charge in [-0.1, -0.05) is 62.6 Å². The van der Waals surface area contributed by atoms with E-state index in [1.54, 1.807) is 18.3 Å². The van der Waals surface area contributed by atoms with Crippen molar-refractivity contribution in [3.05, 3.63) is 94.6 Å². The number of aliphatic hydroxyl groups excluding tert-OH is 4. The molecule has 12 heteroatoms. The Labute approximate surface area is 289 Å². The van der Waals surface area contributed by atoms with Crippen LogP contribution in [0.5, 0.6) is 0 Å². The van der Waals surface area contributed by atoms with Gasteiger partial charge >= 0.3 is 0 Å². The van der Waals surface area contributed by atoms with E-state index in [-0.39, 0.29) is 24.1 Å². The van der Waals surface area contributed by atoms with E-state index in [1.165, 1.54) is 17.3 Å². The van der Waals surface area contributed by atoms with Crippen LogP contribution >= 0.6 is 0 Å². The van der Waals surface area contributed by atoms with Gasteiger partial charge in [0.15, 0.2) is 0 Å². The molecule has 12 nitrogen and oxygen atoms in total. The summed E-state index contributed by atoms with van der Waals surface area (Å²) in [4.78, 5) is 35.4. The van der Waals surface area contributed by atoms with E-state index in [1.807, 2.05) is 29.2 Å². The van der Waals surface area contributed by atoms with Crippen molar-refractivity contribution in [3.63, 3.8) is 0 Å². The van der Waals surface area contributed by atoms with Gasteiger partial charge in [0, 0.05) is 44.1 Å². The number of unbranched alkanes of at least 4 members (excludes halogenated alkanes) is 3. The van der Waals surface area contributed by atoms with Crippen molar-refractivity contribution in [2.24, 2.45) is 11.7 Å². The lowest BCUT2D eigenvalue weighted by Crippen LogP contribution is -2.47. The van der Waals surface area contributed by atoms with E-state index in [9.17, 15) is 24.9 Å². The largest absolute Gasteiger partial charge is 0.394 e. The number of benzene rings is 2. The SMILES string of the molecule is CCCCCCN(CCNC(=O)c1ccc(CNC[C@H](Cc2ccccc2C)Cc2nccnc2C(N)=O)cc1)C[C@H](O)[C@@H](O)[C@H](O)CO. The molecule has 0 saturated carbocycles. The fraction of sp³-hybridized carbons (Fsp3) is 0.514.